The van der Waals surface area contributed by atoms with E-state index in [2.05, 4.69) is 70.7 Å². The highest BCUT2D eigenvalue weighted by Gasteiger charge is 2.55. The number of carbonyl (C=O) groups excluding carboxylic acids is 2. The maximum absolute atomic E-state index is 13.6. The molecule has 3 aliphatic heterocycles. The van der Waals surface area contributed by atoms with Crippen LogP contribution in [-0.2, 0) is 9.59 Å². The van der Waals surface area contributed by atoms with Crippen molar-refractivity contribution in [2.24, 2.45) is 5.92 Å². The molecule has 2 bridgehead atoms. The SMILES string of the molecule is CN1CCN(CC(=O)N(C)C23CNC(=O)C(C(c4ccccc4)C2)C(c2ccccc2)C3)CC1. The van der Waals surface area contributed by atoms with Crippen molar-refractivity contribution in [1.29, 1.82) is 0 Å². The number of piperazine rings is 1. The summed E-state index contributed by atoms with van der Waals surface area (Å²) in [6.45, 7) is 4.77. The normalized spacial score (nSPS) is 29.9. The molecule has 180 valence electrons. The molecule has 0 radical (unpaired) electrons. The van der Waals surface area contributed by atoms with E-state index in [1.807, 2.05) is 24.1 Å². The molecule has 4 fully saturated rings. The molecule has 1 aliphatic carbocycles. The Kier molecular flexibility index (Phi) is 6.45. The molecule has 6 nitrogen and oxygen atoms in total. The lowest BCUT2D eigenvalue weighted by Crippen LogP contribution is -2.59. The van der Waals surface area contributed by atoms with Crippen molar-refractivity contribution < 1.29 is 9.59 Å². The Hall–Kier alpha value is -2.70. The Morgan fingerprint density at radius 1 is 0.941 bits per heavy atom. The summed E-state index contributed by atoms with van der Waals surface area (Å²) >= 11 is 0. The second-order valence-electron chi connectivity index (χ2n) is 10.4. The molecule has 2 aromatic rings. The fourth-order valence-corrected chi connectivity index (χ4v) is 6.33. The molecular formula is C28H36N4O2. The maximum Gasteiger partial charge on any atom is 0.237 e. The predicted octanol–water partition coefficient (Wildman–Crippen LogP) is 2.54. The first-order valence-electron chi connectivity index (χ1n) is 12.5. The highest BCUT2D eigenvalue weighted by Crippen LogP contribution is 2.53. The van der Waals surface area contributed by atoms with E-state index in [1.165, 1.54) is 11.1 Å². The lowest BCUT2D eigenvalue weighted by molar-refractivity contribution is -0.139. The Balaban J connectivity index is 1.48. The van der Waals surface area contributed by atoms with Gasteiger partial charge in [-0.25, -0.2) is 0 Å². The molecule has 0 aromatic heterocycles. The molecule has 3 saturated heterocycles. The van der Waals surface area contributed by atoms with Crippen LogP contribution in [0.15, 0.2) is 60.7 Å². The zero-order chi connectivity index (χ0) is 23.7. The van der Waals surface area contributed by atoms with E-state index in [0.717, 1.165) is 39.0 Å². The fraction of sp³-hybridized carbons (Fsp3) is 0.500. The smallest absolute Gasteiger partial charge is 0.237 e. The minimum Gasteiger partial charge on any atom is -0.353 e. The second-order valence-corrected chi connectivity index (χ2v) is 10.4. The van der Waals surface area contributed by atoms with Gasteiger partial charge in [-0.3, -0.25) is 14.5 Å². The van der Waals surface area contributed by atoms with Crippen molar-refractivity contribution in [1.82, 2.24) is 20.0 Å². The minimum absolute atomic E-state index is 0.0709. The minimum atomic E-state index is -0.409. The molecule has 1 N–H and O–H groups in total. The number of fused-ring (bicyclic) bond motifs is 4. The molecule has 4 aliphatic rings. The van der Waals surface area contributed by atoms with Crippen LogP contribution in [0, 0.1) is 5.92 Å². The topological polar surface area (TPSA) is 55.9 Å². The van der Waals surface area contributed by atoms with Crippen LogP contribution in [0.4, 0.5) is 0 Å². The van der Waals surface area contributed by atoms with Crippen LogP contribution in [0.1, 0.15) is 35.8 Å². The van der Waals surface area contributed by atoms with Crippen molar-refractivity contribution in [2.75, 3.05) is 53.4 Å². The zero-order valence-electron chi connectivity index (χ0n) is 20.3. The first-order chi connectivity index (χ1) is 16.5. The monoisotopic (exact) mass is 460 g/mol. The van der Waals surface area contributed by atoms with Crippen LogP contribution in [0.3, 0.4) is 0 Å². The van der Waals surface area contributed by atoms with Crippen molar-refractivity contribution >= 4 is 11.8 Å². The van der Waals surface area contributed by atoms with Crippen LogP contribution in [0.2, 0.25) is 0 Å². The first kappa shape index (κ1) is 23.1. The number of benzene rings is 2. The molecular weight excluding hydrogens is 424 g/mol. The summed E-state index contributed by atoms with van der Waals surface area (Å²) in [5.74, 6) is 0.268. The van der Waals surface area contributed by atoms with Crippen LogP contribution >= 0.6 is 0 Å². The molecule has 34 heavy (non-hydrogen) atoms. The molecule has 1 saturated carbocycles. The van der Waals surface area contributed by atoms with E-state index >= 15 is 0 Å². The number of hydrogen-bond acceptors (Lipinski definition) is 4. The van der Waals surface area contributed by atoms with Gasteiger partial charge in [0.2, 0.25) is 11.8 Å². The van der Waals surface area contributed by atoms with Crippen molar-refractivity contribution in [3.63, 3.8) is 0 Å². The van der Waals surface area contributed by atoms with Gasteiger partial charge < -0.3 is 15.1 Å². The van der Waals surface area contributed by atoms with E-state index in [9.17, 15) is 9.59 Å². The first-order valence-corrected chi connectivity index (χ1v) is 12.5. The highest BCUT2D eigenvalue weighted by atomic mass is 16.2. The Labute approximate surface area is 202 Å². The number of hydrogen-bond donors (Lipinski definition) is 1. The van der Waals surface area contributed by atoms with Gasteiger partial charge >= 0.3 is 0 Å². The number of nitrogens with zero attached hydrogens (tertiary/aromatic N) is 3. The summed E-state index contributed by atoms with van der Waals surface area (Å²) in [7, 11) is 4.09. The van der Waals surface area contributed by atoms with Crippen LogP contribution in [0.5, 0.6) is 0 Å². The molecule has 2 amide bonds. The third-order valence-corrected chi connectivity index (χ3v) is 8.46. The molecule has 2 aromatic carbocycles. The Bertz CT molecular complexity index is 954. The largest absolute Gasteiger partial charge is 0.353 e. The zero-order valence-corrected chi connectivity index (χ0v) is 20.3. The van der Waals surface area contributed by atoms with E-state index in [0.29, 0.717) is 13.1 Å². The summed E-state index contributed by atoms with van der Waals surface area (Å²) in [6, 6.07) is 20.8. The summed E-state index contributed by atoms with van der Waals surface area (Å²) in [5, 5.41) is 3.24. The molecule has 6 rings (SSSR count). The molecule has 6 heteroatoms. The lowest BCUT2D eigenvalue weighted by Gasteiger charge is -2.50. The Morgan fingerprint density at radius 3 is 2.00 bits per heavy atom. The van der Waals surface area contributed by atoms with Gasteiger partial charge in [-0.2, -0.15) is 0 Å². The third kappa shape index (κ3) is 4.37. The number of nitrogens with one attached hydrogen (secondary N) is 1. The second kappa shape index (κ2) is 9.51. The average molecular weight is 461 g/mol. The lowest BCUT2D eigenvalue weighted by atomic mass is 9.61. The number of amides is 2. The van der Waals surface area contributed by atoms with Crippen molar-refractivity contribution in [2.45, 2.75) is 30.2 Å². The average Bonchev–Trinajstić information content (AvgIpc) is 3.12. The fourth-order valence-electron chi connectivity index (χ4n) is 6.33. The molecule has 3 heterocycles. The quantitative estimate of drug-likeness (QED) is 0.745. The maximum atomic E-state index is 13.6. The van der Waals surface area contributed by atoms with E-state index in [4.69, 9.17) is 0 Å². The summed E-state index contributed by atoms with van der Waals surface area (Å²) < 4.78 is 0. The van der Waals surface area contributed by atoms with Crippen molar-refractivity contribution in [3.8, 4) is 0 Å². The number of likely N-dealkylation sites (N-methyl/N-ethyl adjacent to an activating group) is 2. The molecule has 2 atom stereocenters. The molecule has 2 unspecified atom stereocenters. The third-order valence-electron chi connectivity index (χ3n) is 8.46. The predicted molar refractivity (Wildman–Crippen MR) is 134 cm³/mol. The van der Waals surface area contributed by atoms with Gasteiger partial charge in [0.1, 0.15) is 0 Å². The number of carbonyl (C=O) groups is 2. The van der Waals surface area contributed by atoms with Gasteiger partial charge in [0, 0.05) is 39.8 Å². The van der Waals surface area contributed by atoms with Gasteiger partial charge in [-0.1, -0.05) is 60.7 Å². The van der Waals surface area contributed by atoms with Crippen LogP contribution in [-0.4, -0.2) is 85.4 Å². The highest BCUT2D eigenvalue weighted by molar-refractivity contribution is 5.83. The van der Waals surface area contributed by atoms with E-state index in [1.54, 1.807) is 0 Å². The van der Waals surface area contributed by atoms with Gasteiger partial charge in [0.05, 0.1) is 18.0 Å². The van der Waals surface area contributed by atoms with Gasteiger partial charge in [-0.05, 0) is 42.9 Å². The van der Waals surface area contributed by atoms with E-state index < -0.39 is 5.54 Å². The summed E-state index contributed by atoms with van der Waals surface area (Å²) in [5.41, 5.74) is 1.97. The van der Waals surface area contributed by atoms with Crippen LogP contribution in [0.25, 0.3) is 0 Å². The van der Waals surface area contributed by atoms with Crippen LogP contribution < -0.4 is 5.32 Å². The molecule has 0 spiro atoms. The van der Waals surface area contributed by atoms with Crippen molar-refractivity contribution in [3.05, 3.63) is 71.8 Å². The summed E-state index contributed by atoms with van der Waals surface area (Å²) in [4.78, 5) is 33.7. The van der Waals surface area contributed by atoms with Gasteiger partial charge in [0.15, 0.2) is 0 Å². The Morgan fingerprint density at radius 2 is 1.47 bits per heavy atom. The summed E-state index contributed by atoms with van der Waals surface area (Å²) in [6.07, 6.45) is 1.60. The standard InChI is InChI=1S/C28H36N4O2/c1-30-13-15-32(16-14-30)19-25(33)31(2)28-17-23(21-9-5-3-6-10-21)26(27(34)29-20-28)24(18-28)22-11-7-4-8-12-22/h3-12,23-24,26H,13-20H2,1-2H3,(H,29,34). The van der Waals surface area contributed by atoms with E-state index in [-0.39, 0.29) is 29.6 Å². The number of rotatable bonds is 5. The van der Waals surface area contributed by atoms with Gasteiger partial charge in [0.25, 0.3) is 0 Å². The van der Waals surface area contributed by atoms with Gasteiger partial charge in [-0.15, -0.1) is 0 Å².